The highest BCUT2D eigenvalue weighted by molar-refractivity contribution is 5.80. The molecule has 1 aromatic carbocycles. The van der Waals surface area contributed by atoms with Crippen LogP contribution in [0.3, 0.4) is 0 Å². The van der Waals surface area contributed by atoms with E-state index in [-0.39, 0.29) is 5.54 Å². The fourth-order valence-electron chi connectivity index (χ4n) is 3.25. The zero-order valence-corrected chi connectivity index (χ0v) is 16.6. The number of morpholine rings is 1. The van der Waals surface area contributed by atoms with Crippen molar-refractivity contribution >= 4 is 5.96 Å². The Labute approximate surface area is 152 Å². The average Bonchev–Trinajstić information content (AvgIpc) is 2.50. The fraction of sp³-hybridized carbons (Fsp3) is 0.650. The molecule has 0 spiro atoms. The summed E-state index contributed by atoms with van der Waals surface area (Å²) in [4.78, 5) is 6.81. The molecule has 0 saturated carbocycles. The Hall–Kier alpha value is -1.59. The number of nitrogens with zero attached hydrogens (tertiary/aromatic N) is 2. The first-order valence-electron chi connectivity index (χ1n) is 9.20. The highest BCUT2D eigenvalue weighted by Crippen LogP contribution is 2.17. The van der Waals surface area contributed by atoms with Crippen LogP contribution in [0.4, 0.5) is 0 Å². The van der Waals surface area contributed by atoms with E-state index in [2.05, 4.69) is 79.4 Å². The third-order valence-electron chi connectivity index (χ3n) is 4.17. The molecule has 0 bridgehead atoms. The van der Waals surface area contributed by atoms with E-state index in [4.69, 9.17) is 4.74 Å². The molecule has 1 aliphatic rings. The van der Waals surface area contributed by atoms with E-state index in [0.29, 0.717) is 12.2 Å². The maximum absolute atomic E-state index is 5.85. The molecular formula is C20H34N4O. The summed E-state index contributed by atoms with van der Waals surface area (Å²) in [6.45, 7) is 14.4. The Morgan fingerprint density at radius 1 is 1.16 bits per heavy atom. The van der Waals surface area contributed by atoms with Crippen LogP contribution in [0, 0.1) is 0 Å². The third-order valence-corrected chi connectivity index (χ3v) is 4.17. The first-order valence-corrected chi connectivity index (χ1v) is 9.20. The smallest absolute Gasteiger partial charge is 0.191 e. The lowest BCUT2D eigenvalue weighted by atomic mass is 10.1. The molecule has 25 heavy (non-hydrogen) atoms. The zero-order valence-electron chi connectivity index (χ0n) is 16.6. The van der Waals surface area contributed by atoms with Gasteiger partial charge < -0.3 is 15.4 Å². The Morgan fingerprint density at radius 3 is 2.32 bits per heavy atom. The van der Waals surface area contributed by atoms with Gasteiger partial charge >= 0.3 is 0 Å². The van der Waals surface area contributed by atoms with E-state index in [9.17, 15) is 0 Å². The number of aliphatic imine (C=N–C) groups is 1. The van der Waals surface area contributed by atoms with Gasteiger partial charge in [-0.1, -0.05) is 24.3 Å². The number of ether oxygens (including phenoxy) is 1. The van der Waals surface area contributed by atoms with Crippen LogP contribution in [-0.4, -0.2) is 48.7 Å². The van der Waals surface area contributed by atoms with Crippen LogP contribution in [0.5, 0.6) is 0 Å². The first kappa shape index (κ1) is 19.7. The van der Waals surface area contributed by atoms with E-state index in [0.717, 1.165) is 32.1 Å². The van der Waals surface area contributed by atoms with Gasteiger partial charge in [-0.25, -0.2) is 0 Å². The van der Waals surface area contributed by atoms with E-state index < -0.39 is 0 Å². The van der Waals surface area contributed by atoms with Gasteiger partial charge in [0.2, 0.25) is 0 Å². The van der Waals surface area contributed by atoms with Crippen LogP contribution in [0.25, 0.3) is 0 Å². The topological polar surface area (TPSA) is 48.9 Å². The lowest BCUT2D eigenvalue weighted by Gasteiger charge is -2.35. The van der Waals surface area contributed by atoms with Crippen molar-refractivity contribution in [3.8, 4) is 0 Å². The second-order valence-electron chi connectivity index (χ2n) is 8.02. The Kier molecular flexibility index (Phi) is 6.85. The van der Waals surface area contributed by atoms with Crippen molar-refractivity contribution in [3.63, 3.8) is 0 Å². The van der Waals surface area contributed by atoms with Crippen LogP contribution in [-0.2, 0) is 17.8 Å². The molecule has 1 aliphatic heterocycles. The zero-order chi connectivity index (χ0) is 18.4. The molecule has 1 fully saturated rings. The molecule has 140 valence electrons. The van der Waals surface area contributed by atoms with Crippen molar-refractivity contribution < 1.29 is 4.74 Å². The highest BCUT2D eigenvalue weighted by Gasteiger charge is 2.22. The molecule has 0 amide bonds. The van der Waals surface area contributed by atoms with Crippen molar-refractivity contribution in [2.45, 2.75) is 65.5 Å². The summed E-state index contributed by atoms with van der Waals surface area (Å²) < 4.78 is 5.85. The average molecular weight is 347 g/mol. The van der Waals surface area contributed by atoms with E-state index in [1.54, 1.807) is 0 Å². The second-order valence-corrected chi connectivity index (χ2v) is 8.02. The number of guanidine groups is 1. The SMILES string of the molecule is CN=C(NCc1ccccc1CN1CC(C)OC(C)C1)NC(C)(C)C. The molecular weight excluding hydrogens is 312 g/mol. The molecule has 1 saturated heterocycles. The summed E-state index contributed by atoms with van der Waals surface area (Å²) in [5.74, 6) is 0.830. The summed E-state index contributed by atoms with van der Waals surface area (Å²) in [6, 6.07) is 8.64. The van der Waals surface area contributed by atoms with E-state index >= 15 is 0 Å². The van der Waals surface area contributed by atoms with E-state index in [1.807, 2.05) is 7.05 Å². The predicted octanol–water partition coefficient (Wildman–Crippen LogP) is 2.76. The summed E-state index contributed by atoms with van der Waals surface area (Å²) in [5.41, 5.74) is 2.66. The van der Waals surface area contributed by atoms with E-state index in [1.165, 1.54) is 11.1 Å². The lowest BCUT2D eigenvalue weighted by molar-refractivity contribution is -0.0705. The third kappa shape index (κ3) is 6.67. The molecule has 2 unspecified atom stereocenters. The van der Waals surface area contributed by atoms with Crippen LogP contribution >= 0.6 is 0 Å². The van der Waals surface area contributed by atoms with Gasteiger partial charge in [0, 0.05) is 38.8 Å². The minimum absolute atomic E-state index is 0.0125. The molecule has 0 aromatic heterocycles. The van der Waals surface area contributed by atoms with Gasteiger partial charge in [-0.05, 0) is 45.7 Å². The van der Waals surface area contributed by atoms with Crippen LogP contribution in [0.1, 0.15) is 45.7 Å². The minimum Gasteiger partial charge on any atom is -0.373 e. The highest BCUT2D eigenvalue weighted by atomic mass is 16.5. The molecule has 2 rings (SSSR count). The molecule has 1 aromatic rings. The van der Waals surface area contributed by atoms with Crippen LogP contribution < -0.4 is 10.6 Å². The minimum atomic E-state index is -0.0125. The normalized spacial score (nSPS) is 22.7. The molecule has 5 heteroatoms. The Bertz CT molecular complexity index is 569. The van der Waals surface area contributed by atoms with Crippen molar-refractivity contribution in [2.75, 3.05) is 20.1 Å². The maximum Gasteiger partial charge on any atom is 0.191 e. The Balaban J connectivity index is 2.00. The molecule has 2 atom stereocenters. The summed E-state index contributed by atoms with van der Waals surface area (Å²) >= 11 is 0. The van der Waals surface area contributed by atoms with Gasteiger partial charge in [-0.15, -0.1) is 0 Å². The standard InChI is InChI=1S/C20H34N4O/c1-15-12-24(13-16(2)25-15)14-18-10-8-7-9-17(18)11-22-19(21-6)23-20(3,4)5/h7-10,15-16H,11-14H2,1-6H3,(H2,21,22,23). The maximum atomic E-state index is 5.85. The molecule has 5 nitrogen and oxygen atoms in total. The lowest BCUT2D eigenvalue weighted by Crippen LogP contribution is -2.47. The van der Waals surface area contributed by atoms with Crippen LogP contribution in [0.15, 0.2) is 29.3 Å². The molecule has 0 aliphatic carbocycles. The fourth-order valence-corrected chi connectivity index (χ4v) is 3.25. The van der Waals surface area contributed by atoms with Gasteiger partial charge in [-0.2, -0.15) is 0 Å². The first-order chi connectivity index (χ1) is 11.8. The van der Waals surface area contributed by atoms with Gasteiger partial charge in [0.1, 0.15) is 0 Å². The van der Waals surface area contributed by atoms with Gasteiger partial charge in [0.15, 0.2) is 5.96 Å². The number of rotatable bonds is 4. The quantitative estimate of drug-likeness (QED) is 0.650. The van der Waals surface area contributed by atoms with Gasteiger partial charge in [0.25, 0.3) is 0 Å². The van der Waals surface area contributed by atoms with Crippen LogP contribution in [0.2, 0.25) is 0 Å². The summed E-state index contributed by atoms with van der Waals surface area (Å²) in [6.07, 6.45) is 0.590. The predicted molar refractivity (Wildman–Crippen MR) is 105 cm³/mol. The number of hydrogen-bond donors (Lipinski definition) is 2. The van der Waals surface area contributed by atoms with Crippen molar-refractivity contribution in [1.82, 2.24) is 15.5 Å². The van der Waals surface area contributed by atoms with Gasteiger partial charge in [-0.3, -0.25) is 9.89 Å². The van der Waals surface area contributed by atoms with Crippen molar-refractivity contribution in [1.29, 1.82) is 0 Å². The van der Waals surface area contributed by atoms with Gasteiger partial charge in [0.05, 0.1) is 12.2 Å². The summed E-state index contributed by atoms with van der Waals surface area (Å²) in [5, 5.41) is 6.83. The molecule has 0 radical (unpaired) electrons. The number of benzene rings is 1. The Morgan fingerprint density at radius 2 is 1.76 bits per heavy atom. The monoisotopic (exact) mass is 346 g/mol. The largest absolute Gasteiger partial charge is 0.373 e. The second kappa shape index (κ2) is 8.68. The molecule has 2 N–H and O–H groups in total. The molecule has 1 heterocycles. The summed E-state index contributed by atoms with van der Waals surface area (Å²) in [7, 11) is 1.81. The number of hydrogen-bond acceptors (Lipinski definition) is 3. The van der Waals surface area contributed by atoms with Crippen molar-refractivity contribution in [3.05, 3.63) is 35.4 Å². The van der Waals surface area contributed by atoms with Crippen molar-refractivity contribution in [2.24, 2.45) is 4.99 Å². The number of nitrogens with one attached hydrogen (secondary N) is 2.